The molecule has 14 heavy (non-hydrogen) atoms. The van der Waals surface area contributed by atoms with Crippen molar-refractivity contribution >= 4 is 12.0 Å². The number of rotatable bonds is 4. The van der Waals surface area contributed by atoms with Crippen molar-refractivity contribution in [1.82, 2.24) is 0 Å². The fourth-order valence-electron chi connectivity index (χ4n) is 1.18. The fraction of sp³-hybridized carbons (Fsp3) is 0.250. The van der Waals surface area contributed by atoms with E-state index in [0.29, 0.717) is 0 Å². The van der Waals surface area contributed by atoms with Crippen molar-refractivity contribution in [2.24, 2.45) is 5.92 Å². The highest BCUT2D eigenvalue weighted by atomic mass is 16.4. The van der Waals surface area contributed by atoms with Gasteiger partial charge in [-0.3, -0.25) is 4.79 Å². The molecule has 0 spiro atoms. The maximum Gasteiger partial charge on any atom is 0.303 e. The summed E-state index contributed by atoms with van der Waals surface area (Å²) in [4.78, 5) is 10.4. The molecule has 0 bridgehead atoms. The average Bonchev–Trinajstić information content (AvgIpc) is 2.15. The predicted octanol–water partition coefficient (Wildman–Crippen LogP) is 2.81. The maximum atomic E-state index is 10.4. The SMILES string of the molecule is CC(C=Cc1ccccc1)CC(=O)O. The highest BCUT2D eigenvalue weighted by Crippen LogP contribution is 2.08. The van der Waals surface area contributed by atoms with Gasteiger partial charge in [0.25, 0.3) is 0 Å². The Balaban J connectivity index is 2.52. The minimum Gasteiger partial charge on any atom is -0.481 e. The first-order valence-corrected chi connectivity index (χ1v) is 4.63. The number of hydrogen-bond donors (Lipinski definition) is 1. The summed E-state index contributed by atoms with van der Waals surface area (Å²) < 4.78 is 0. The Kier molecular flexibility index (Phi) is 3.92. The lowest BCUT2D eigenvalue weighted by molar-refractivity contribution is -0.137. The van der Waals surface area contributed by atoms with Gasteiger partial charge in [0, 0.05) is 0 Å². The molecule has 1 aromatic carbocycles. The molecule has 2 nitrogen and oxygen atoms in total. The number of benzene rings is 1. The van der Waals surface area contributed by atoms with Gasteiger partial charge in [0.2, 0.25) is 0 Å². The van der Waals surface area contributed by atoms with Crippen LogP contribution in [0.2, 0.25) is 0 Å². The second kappa shape index (κ2) is 5.22. The minimum atomic E-state index is -0.754. The molecule has 0 aromatic heterocycles. The molecule has 0 saturated heterocycles. The van der Waals surface area contributed by atoms with Crippen molar-refractivity contribution in [3.63, 3.8) is 0 Å². The van der Waals surface area contributed by atoms with Gasteiger partial charge in [0.1, 0.15) is 0 Å². The van der Waals surface area contributed by atoms with Crippen molar-refractivity contribution < 1.29 is 9.90 Å². The number of carboxylic acids is 1. The number of allylic oxidation sites excluding steroid dienone is 1. The van der Waals surface area contributed by atoms with Crippen LogP contribution in [0.25, 0.3) is 6.08 Å². The van der Waals surface area contributed by atoms with E-state index in [1.54, 1.807) is 0 Å². The number of hydrogen-bond acceptors (Lipinski definition) is 1. The molecule has 0 aliphatic heterocycles. The Morgan fingerprint density at radius 1 is 1.43 bits per heavy atom. The highest BCUT2D eigenvalue weighted by Gasteiger charge is 2.02. The van der Waals surface area contributed by atoms with Crippen LogP contribution >= 0.6 is 0 Å². The van der Waals surface area contributed by atoms with E-state index in [2.05, 4.69) is 0 Å². The summed E-state index contributed by atoms with van der Waals surface area (Å²) in [6.07, 6.45) is 4.06. The molecule has 0 radical (unpaired) electrons. The highest BCUT2D eigenvalue weighted by molar-refractivity contribution is 5.67. The van der Waals surface area contributed by atoms with Crippen LogP contribution in [-0.4, -0.2) is 11.1 Å². The zero-order valence-electron chi connectivity index (χ0n) is 8.18. The van der Waals surface area contributed by atoms with Crippen molar-refractivity contribution in [3.05, 3.63) is 42.0 Å². The van der Waals surface area contributed by atoms with E-state index >= 15 is 0 Å². The van der Waals surface area contributed by atoms with Gasteiger partial charge in [-0.25, -0.2) is 0 Å². The Morgan fingerprint density at radius 3 is 2.64 bits per heavy atom. The zero-order valence-corrected chi connectivity index (χ0v) is 8.18. The molecule has 1 unspecified atom stereocenters. The van der Waals surface area contributed by atoms with Crippen LogP contribution in [0.4, 0.5) is 0 Å². The largest absolute Gasteiger partial charge is 0.481 e. The van der Waals surface area contributed by atoms with Crippen LogP contribution in [0.5, 0.6) is 0 Å². The smallest absolute Gasteiger partial charge is 0.303 e. The minimum absolute atomic E-state index is 0.0766. The van der Waals surface area contributed by atoms with Gasteiger partial charge in [-0.1, -0.05) is 49.4 Å². The summed E-state index contributed by atoms with van der Waals surface area (Å²) in [7, 11) is 0. The van der Waals surface area contributed by atoms with Crippen LogP contribution in [0, 0.1) is 5.92 Å². The first-order chi connectivity index (χ1) is 6.68. The molecule has 1 atom stereocenters. The lowest BCUT2D eigenvalue weighted by atomic mass is 10.1. The average molecular weight is 190 g/mol. The van der Waals surface area contributed by atoms with Crippen molar-refractivity contribution in [2.45, 2.75) is 13.3 Å². The van der Waals surface area contributed by atoms with Gasteiger partial charge in [-0.05, 0) is 11.5 Å². The van der Waals surface area contributed by atoms with E-state index in [1.165, 1.54) is 0 Å². The molecule has 2 heteroatoms. The van der Waals surface area contributed by atoms with Gasteiger partial charge in [0.15, 0.2) is 0 Å². The molecule has 0 aliphatic rings. The number of carbonyl (C=O) groups is 1. The lowest BCUT2D eigenvalue weighted by Gasteiger charge is -2.00. The van der Waals surface area contributed by atoms with Crippen LogP contribution in [0.3, 0.4) is 0 Å². The van der Waals surface area contributed by atoms with Gasteiger partial charge >= 0.3 is 5.97 Å². The zero-order chi connectivity index (χ0) is 10.4. The quantitative estimate of drug-likeness (QED) is 0.792. The van der Waals surface area contributed by atoms with Crippen molar-refractivity contribution in [1.29, 1.82) is 0 Å². The summed E-state index contributed by atoms with van der Waals surface area (Å²) >= 11 is 0. The van der Waals surface area contributed by atoms with E-state index in [-0.39, 0.29) is 12.3 Å². The molecule has 0 heterocycles. The second-order valence-electron chi connectivity index (χ2n) is 3.34. The molecule has 1 aromatic rings. The topological polar surface area (TPSA) is 37.3 Å². The van der Waals surface area contributed by atoms with Gasteiger partial charge in [-0.2, -0.15) is 0 Å². The summed E-state index contributed by atoms with van der Waals surface area (Å²) in [5.41, 5.74) is 1.10. The molecular formula is C12H14O2. The number of aliphatic carboxylic acids is 1. The van der Waals surface area contributed by atoms with E-state index in [4.69, 9.17) is 5.11 Å². The normalized spacial score (nSPS) is 12.9. The maximum absolute atomic E-state index is 10.4. The Hall–Kier alpha value is -1.57. The first kappa shape index (κ1) is 10.5. The van der Waals surface area contributed by atoms with Gasteiger partial charge in [-0.15, -0.1) is 0 Å². The predicted molar refractivity (Wildman–Crippen MR) is 56.9 cm³/mol. The van der Waals surface area contributed by atoms with E-state index in [9.17, 15) is 4.79 Å². The molecule has 1 N–H and O–H groups in total. The van der Waals surface area contributed by atoms with Crippen LogP contribution in [-0.2, 0) is 4.79 Å². The van der Waals surface area contributed by atoms with Crippen molar-refractivity contribution in [2.75, 3.05) is 0 Å². The monoisotopic (exact) mass is 190 g/mol. The third-order valence-corrected chi connectivity index (χ3v) is 1.91. The van der Waals surface area contributed by atoms with E-state index < -0.39 is 5.97 Å². The molecule has 0 amide bonds. The van der Waals surface area contributed by atoms with Gasteiger partial charge < -0.3 is 5.11 Å². The Bertz CT molecular complexity index is 314. The molecule has 0 saturated carbocycles. The summed E-state index contributed by atoms with van der Waals surface area (Å²) in [6, 6.07) is 9.86. The van der Waals surface area contributed by atoms with Gasteiger partial charge in [0.05, 0.1) is 6.42 Å². The Morgan fingerprint density at radius 2 is 2.07 bits per heavy atom. The van der Waals surface area contributed by atoms with Crippen LogP contribution in [0.15, 0.2) is 36.4 Å². The van der Waals surface area contributed by atoms with Crippen LogP contribution in [0.1, 0.15) is 18.9 Å². The third-order valence-electron chi connectivity index (χ3n) is 1.91. The summed E-state index contributed by atoms with van der Waals surface area (Å²) in [5, 5.41) is 8.55. The number of carboxylic acid groups (broad SMARTS) is 1. The van der Waals surface area contributed by atoms with E-state index in [1.807, 2.05) is 49.4 Å². The second-order valence-corrected chi connectivity index (χ2v) is 3.34. The first-order valence-electron chi connectivity index (χ1n) is 4.63. The summed E-state index contributed by atoms with van der Waals surface area (Å²) in [5.74, 6) is -0.678. The fourth-order valence-corrected chi connectivity index (χ4v) is 1.18. The molecule has 1 rings (SSSR count). The molecule has 74 valence electrons. The molecule has 0 aliphatic carbocycles. The standard InChI is InChI=1S/C12H14O2/c1-10(9-12(13)14)7-8-11-5-3-2-4-6-11/h2-8,10H,9H2,1H3,(H,13,14). The third kappa shape index (κ3) is 3.90. The van der Waals surface area contributed by atoms with Crippen molar-refractivity contribution in [3.8, 4) is 0 Å². The summed E-state index contributed by atoms with van der Waals surface area (Å²) in [6.45, 7) is 1.90. The molecular weight excluding hydrogens is 176 g/mol. The lowest BCUT2D eigenvalue weighted by Crippen LogP contribution is -2.00. The van der Waals surface area contributed by atoms with Crippen LogP contribution < -0.4 is 0 Å². The molecule has 0 fully saturated rings. The van der Waals surface area contributed by atoms with E-state index in [0.717, 1.165) is 5.56 Å². The Labute approximate surface area is 83.9 Å².